The molecular formula is C10H21NO6. The molecule has 4 N–H and O–H groups in total. The summed E-state index contributed by atoms with van der Waals surface area (Å²) in [5.41, 5.74) is 5.21. The lowest BCUT2D eigenvalue weighted by Crippen LogP contribution is -2.42. The lowest BCUT2D eigenvalue weighted by atomic mass is 10.1. The van der Waals surface area contributed by atoms with Gasteiger partial charge >= 0.3 is 5.97 Å². The first-order chi connectivity index (χ1) is 8.09. The van der Waals surface area contributed by atoms with Crippen LogP contribution >= 0.6 is 0 Å². The van der Waals surface area contributed by atoms with Crippen molar-refractivity contribution in [3.63, 3.8) is 0 Å². The fourth-order valence-corrected chi connectivity index (χ4v) is 1.01. The average Bonchev–Trinajstić information content (AvgIpc) is 2.31. The number of methoxy groups -OCH3 is 1. The van der Waals surface area contributed by atoms with Crippen LogP contribution in [0.5, 0.6) is 0 Å². The van der Waals surface area contributed by atoms with Gasteiger partial charge in [0.1, 0.15) is 6.04 Å². The zero-order valence-electron chi connectivity index (χ0n) is 10.0. The van der Waals surface area contributed by atoms with Crippen LogP contribution < -0.4 is 5.73 Å². The molecule has 0 aliphatic carbocycles. The van der Waals surface area contributed by atoms with E-state index in [0.717, 1.165) is 0 Å². The molecule has 0 rings (SSSR count). The Morgan fingerprint density at radius 1 is 1.18 bits per heavy atom. The van der Waals surface area contributed by atoms with Crippen molar-refractivity contribution in [1.29, 1.82) is 0 Å². The minimum absolute atomic E-state index is 0.186. The Kier molecular flexibility index (Phi) is 9.98. The summed E-state index contributed by atoms with van der Waals surface area (Å²) in [6.45, 7) is 2.11. The zero-order valence-corrected chi connectivity index (χ0v) is 10.0. The van der Waals surface area contributed by atoms with Gasteiger partial charge in [0.25, 0.3) is 0 Å². The molecule has 7 heteroatoms. The van der Waals surface area contributed by atoms with Crippen molar-refractivity contribution in [1.82, 2.24) is 0 Å². The van der Waals surface area contributed by atoms with Crippen molar-refractivity contribution in [2.75, 3.05) is 40.1 Å². The number of nitrogens with two attached hydrogens (primary N) is 1. The molecule has 0 saturated heterocycles. The monoisotopic (exact) mass is 251 g/mol. The van der Waals surface area contributed by atoms with Gasteiger partial charge in [0.15, 0.2) is 0 Å². The number of carbonyl (C=O) groups is 1. The average molecular weight is 251 g/mol. The smallest absolute Gasteiger partial charge is 0.323 e. The topological polar surface area (TPSA) is 111 Å². The van der Waals surface area contributed by atoms with Gasteiger partial charge in [0.2, 0.25) is 0 Å². The van der Waals surface area contributed by atoms with Gasteiger partial charge in [-0.2, -0.15) is 0 Å². The quantitative estimate of drug-likeness (QED) is 0.397. The van der Waals surface area contributed by atoms with Gasteiger partial charge in [-0.15, -0.1) is 0 Å². The SMILES string of the molecule is COCCOCCOCCC(O)[C@H](N)C(=O)O. The van der Waals surface area contributed by atoms with Crippen molar-refractivity contribution in [3.05, 3.63) is 0 Å². The van der Waals surface area contributed by atoms with Crippen molar-refractivity contribution in [2.45, 2.75) is 18.6 Å². The highest BCUT2D eigenvalue weighted by atomic mass is 16.5. The number of hydrogen-bond acceptors (Lipinski definition) is 6. The molecule has 0 saturated carbocycles. The molecule has 0 amide bonds. The highest BCUT2D eigenvalue weighted by molar-refractivity contribution is 5.73. The summed E-state index contributed by atoms with van der Waals surface area (Å²) in [6.07, 6.45) is -0.909. The van der Waals surface area contributed by atoms with Crippen LogP contribution in [-0.4, -0.2) is 68.5 Å². The molecule has 0 heterocycles. The highest BCUT2D eigenvalue weighted by Gasteiger charge is 2.21. The number of aliphatic carboxylic acids is 1. The maximum absolute atomic E-state index is 10.4. The molecule has 0 aliphatic heterocycles. The predicted molar refractivity (Wildman–Crippen MR) is 59.7 cm³/mol. The molecule has 0 fully saturated rings. The van der Waals surface area contributed by atoms with Crippen LogP contribution in [0.2, 0.25) is 0 Å². The number of aliphatic hydroxyl groups is 1. The van der Waals surface area contributed by atoms with Crippen LogP contribution in [0, 0.1) is 0 Å². The fraction of sp³-hybridized carbons (Fsp3) is 0.900. The first kappa shape index (κ1) is 16.3. The summed E-state index contributed by atoms with van der Waals surface area (Å²) in [5, 5.41) is 17.8. The van der Waals surface area contributed by atoms with Crippen molar-refractivity contribution in [3.8, 4) is 0 Å². The van der Waals surface area contributed by atoms with E-state index >= 15 is 0 Å². The third kappa shape index (κ3) is 9.02. The number of ether oxygens (including phenoxy) is 3. The van der Waals surface area contributed by atoms with Crippen molar-refractivity contribution in [2.24, 2.45) is 5.73 Å². The lowest BCUT2D eigenvalue weighted by Gasteiger charge is -2.14. The second kappa shape index (κ2) is 10.4. The molecule has 0 aromatic carbocycles. The van der Waals surface area contributed by atoms with Crippen LogP contribution in [0.15, 0.2) is 0 Å². The van der Waals surface area contributed by atoms with Crippen LogP contribution in [0.3, 0.4) is 0 Å². The molecule has 0 aliphatic rings. The van der Waals surface area contributed by atoms with E-state index in [1.54, 1.807) is 7.11 Å². The number of aliphatic hydroxyl groups excluding tert-OH is 1. The van der Waals surface area contributed by atoms with Gasteiger partial charge in [-0.05, 0) is 6.42 Å². The second-order valence-electron chi connectivity index (χ2n) is 3.44. The van der Waals surface area contributed by atoms with E-state index in [9.17, 15) is 9.90 Å². The molecule has 102 valence electrons. The Hall–Kier alpha value is -0.730. The minimum Gasteiger partial charge on any atom is -0.480 e. The summed E-state index contributed by atoms with van der Waals surface area (Å²) >= 11 is 0. The first-order valence-corrected chi connectivity index (χ1v) is 5.40. The van der Waals surface area contributed by atoms with Crippen LogP contribution in [-0.2, 0) is 19.0 Å². The molecule has 7 nitrogen and oxygen atoms in total. The molecule has 0 aromatic rings. The summed E-state index contributed by atoms with van der Waals surface area (Å²) in [5.74, 6) is -1.22. The molecule has 0 aromatic heterocycles. The molecular weight excluding hydrogens is 230 g/mol. The third-order valence-electron chi connectivity index (χ3n) is 2.06. The Bertz CT molecular complexity index is 201. The number of carboxylic acid groups (broad SMARTS) is 1. The Balaban J connectivity index is 3.30. The van der Waals surface area contributed by atoms with E-state index in [1.807, 2.05) is 0 Å². The summed E-state index contributed by atoms with van der Waals surface area (Å²) in [6, 6.07) is -1.27. The van der Waals surface area contributed by atoms with Gasteiger partial charge in [-0.25, -0.2) is 0 Å². The summed E-state index contributed by atoms with van der Waals surface area (Å²) < 4.78 is 15.1. The number of rotatable bonds is 11. The Morgan fingerprint density at radius 2 is 1.71 bits per heavy atom. The van der Waals surface area contributed by atoms with Crippen molar-refractivity contribution >= 4 is 5.97 Å². The largest absolute Gasteiger partial charge is 0.480 e. The van der Waals surface area contributed by atoms with E-state index in [-0.39, 0.29) is 13.0 Å². The molecule has 1 unspecified atom stereocenters. The minimum atomic E-state index is -1.27. The fourth-order valence-electron chi connectivity index (χ4n) is 1.01. The van der Waals surface area contributed by atoms with Crippen molar-refractivity contribution < 1.29 is 29.2 Å². The Labute approximate surface area is 100 Å². The van der Waals surface area contributed by atoms with E-state index in [4.69, 9.17) is 25.1 Å². The van der Waals surface area contributed by atoms with Gasteiger partial charge in [0, 0.05) is 13.7 Å². The summed E-state index contributed by atoms with van der Waals surface area (Å²) in [7, 11) is 1.59. The van der Waals surface area contributed by atoms with Gasteiger partial charge in [-0.3, -0.25) is 4.79 Å². The normalized spacial score (nSPS) is 14.5. The lowest BCUT2D eigenvalue weighted by molar-refractivity contribution is -0.141. The van der Waals surface area contributed by atoms with Crippen LogP contribution in [0.4, 0.5) is 0 Å². The predicted octanol–water partition coefficient (Wildman–Crippen LogP) is -1.17. The maximum atomic E-state index is 10.4. The molecule has 17 heavy (non-hydrogen) atoms. The van der Waals surface area contributed by atoms with Crippen LogP contribution in [0.1, 0.15) is 6.42 Å². The standard InChI is InChI=1S/C10H21NO6/c1-15-4-5-17-7-6-16-3-2-8(12)9(11)10(13)14/h8-9,12H,2-7,11H2,1H3,(H,13,14)/t8?,9-/m0/s1. The third-order valence-corrected chi connectivity index (χ3v) is 2.06. The van der Waals surface area contributed by atoms with E-state index < -0.39 is 18.1 Å². The first-order valence-electron chi connectivity index (χ1n) is 5.40. The maximum Gasteiger partial charge on any atom is 0.323 e. The molecule has 0 spiro atoms. The number of hydrogen-bond donors (Lipinski definition) is 3. The Morgan fingerprint density at radius 3 is 2.24 bits per heavy atom. The zero-order chi connectivity index (χ0) is 13.1. The van der Waals surface area contributed by atoms with Crippen LogP contribution in [0.25, 0.3) is 0 Å². The molecule has 0 bridgehead atoms. The molecule has 0 radical (unpaired) electrons. The molecule has 2 atom stereocenters. The summed E-state index contributed by atoms with van der Waals surface area (Å²) in [4.78, 5) is 10.4. The van der Waals surface area contributed by atoms with E-state index in [1.165, 1.54) is 0 Å². The highest BCUT2D eigenvalue weighted by Crippen LogP contribution is 1.97. The van der Waals surface area contributed by atoms with E-state index in [0.29, 0.717) is 26.4 Å². The van der Waals surface area contributed by atoms with Gasteiger partial charge in [-0.1, -0.05) is 0 Å². The van der Waals surface area contributed by atoms with E-state index in [2.05, 4.69) is 0 Å². The van der Waals surface area contributed by atoms with Gasteiger partial charge in [0.05, 0.1) is 32.5 Å². The number of carboxylic acids is 1. The second-order valence-corrected chi connectivity index (χ2v) is 3.44. The van der Waals surface area contributed by atoms with Gasteiger partial charge < -0.3 is 30.2 Å².